The molecule has 43 heavy (non-hydrogen) atoms. The third-order valence-corrected chi connectivity index (χ3v) is 7.58. The van der Waals surface area contributed by atoms with Crippen LogP contribution >= 0.6 is 0 Å². The lowest BCUT2D eigenvalue weighted by Gasteiger charge is -2.15. The number of hydrogen-bond donors (Lipinski definition) is 0. The van der Waals surface area contributed by atoms with Crippen LogP contribution in [-0.4, -0.2) is 24.1 Å². The zero-order valence-electron chi connectivity index (χ0n) is 23.3. The van der Waals surface area contributed by atoms with Crippen LogP contribution in [0.15, 0.2) is 116 Å². The Bertz CT molecular complexity index is 2060. The number of nitrogens with zero attached hydrogens (tertiary/aromatic N) is 5. The average molecular weight is 574 g/mol. The van der Waals surface area contributed by atoms with E-state index in [1.54, 1.807) is 6.33 Å². The van der Waals surface area contributed by atoms with Gasteiger partial charge < -0.3 is 4.57 Å². The maximum atomic E-state index is 13.4. The van der Waals surface area contributed by atoms with Crippen molar-refractivity contribution in [2.24, 2.45) is 0 Å². The van der Waals surface area contributed by atoms with Crippen LogP contribution in [0, 0.1) is 0 Å². The summed E-state index contributed by atoms with van der Waals surface area (Å²) in [6.45, 7) is 2.76. The van der Waals surface area contributed by atoms with E-state index in [1.165, 1.54) is 12.1 Å². The highest BCUT2D eigenvalue weighted by atomic mass is 19.4. The molecule has 7 rings (SSSR count). The molecule has 0 saturated heterocycles. The van der Waals surface area contributed by atoms with Gasteiger partial charge in [0.05, 0.1) is 23.1 Å². The van der Waals surface area contributed by atoms with Crippen molar-refractivity contribution in [3.63, 3.8) is 0 Å². The van der Waals surface area contributed by atoms with Crippen LogP contribution in [-0.2, 0) is 12.7 Å². The second-order valence-corrected chi connectivity index (χ2v) is 10.4. The van der Waals surface area contributed by atoms with E-state index in [1.807, 2.05) is 53.1 Å². The first-order chi connectivity index (χ1) is 20.9. The lowest BCUT2D eigenvalue weighted by Crippen LogP contribution is -2.07. The number of benzene rings is 4. The van der Waals surface area contributed by atoms with Crippen molar-refractivity contribution in [2.75, 3.05) is 0 Å². The number of para-hydroxylation sites is 1. The van der Waals surface area contributed by atoms with Gasteiger partial charge in [0.2, 0.25) is 0 Å². The number of alkyl halides is 3. The van der Waals surface area contributed by atoms with Crippen LogP contribution < -0.4 is 0 Å². The predicted molar refractivity (Wildman–Crippen MR) is 164 cm³/mol. The molecule has 8 heteroatoms. The smallest absolute Gasteiger partial charge is 0.315 e. The largest absolute Gasteiger partial charge is 0.416 e. The fourth-order valence-electron chi connectivity index (χ4n) is 5.65. The Labute approximate surface area is 245 Å². The summed E-state index contributed by atoms with van der Waals surface area (Å²) < 4.78 is 44.2. The van der Waals surface area contributed by atoms with E-state index in [9.17, 15) is 13.2 Å². The summed E-state index contributed by atoms with van der Waals surface area (Å²) >= 11 is 0. The minimum absolute atomic E-state index is 0.326. The number of imidazole rings is 1. The fraction of sp³-hybridized carbons (Fsp3) is 0.114. The van der Waals surface area contributed by atoms with E-state index in [2.05, 4.69) is 47.9 Å². The lowest BCUT2D eigenvalue weighted by atomic mass is 9.98. The maximum Gasteiger partial charge on any atom is 0.416 e. The molecule has 0 aliphatic carbocycles. The van der Waals surface area contributed by atoms with Crippen LogP contribution in [0.4, 0.5) is 13.2 Å². The first kappa shape index (κ1) is 26.6. The van der Waals surface area contributed by atoms with Crippen molar-refractivity contribution in [1.82, 2.24) is 24.1 Å². The SMILES string of the molecule is CCCn1cnc2c(-n3c(-c4ccccc4)c(-c4ccccc4)c4ccccc43)nc(-c3ccc(C(F)(F)F)cc3)nc21. The topological polar surface area (TPSA) is 48.5 Å². The van der Waals surface area contributed by atoms with Crippen molar-refractivity contribution in [1.29, 1.82) is 0 Å². The number of rotatable bonds is 6. The molecule has 0 unspecified atom stereocenters. The van der Waals surface area contributed by atoms with Crippen LogP contribution in [0.2, 0.25) is 0 Å². The van der Waals surface area contributed by atoms with E-state index < -0.39 is 11.7 Å². The Balaban J connectivity index is 1.59. The minimum atomic E-state index is -4.43. The average Bonchev–Trinajstić information content (AvgIpc) is 3.60. The van der Waals surface area contributed by atoms with Crippen molar-refractivity contribution in [2.45, 2.75) is 26.1 Å². The second-order valence-electron chi connectivity index (χ2n) is 10.4. The Morgan fingerprint density at radius 2 is 1.35 bits per heavy atom. The number of halogens is 3. The molecule has 3 aromatic heterocycles. The van der Waals surface area contributed by atoms with Crippen molar-refractivity contribution in [3.05, 3.63) is 121 Å². The zero-order chi connectivity index (χ0) is 29.6. The van der Waals surface area contributed by atoms with Gasteiger partial charge in [0, 0.05) is 23.1 Å². The summed E-state index contributed by atoms with van der Waals surface area (Å²) in [4.78, 5) is 14.7. The first-order valence-corrected chi connectivity index (χ1v) is 14.1. The van der Waals surface area contributed by atoms with Gasteiger partial charge in [-0.05, 0) is 35.7 Å². The highest BCUT2D eigenvalue weighted by Crippen LogP contribution is 2.43. The molecule has 5 nitrogen and oxygen atoms in total. The monoisotopic (exact) mass is 573 g/mol. The molecular formula is C35H26F3N5. The summed E-state index contributed by atoms with van der Waals surface area (Å²) in [5, 5.41) is 1.04. The van der Waals surface area contributed by atoms with Gasteiger partial charge in [-0.1, -0.05) is 97.9 Å². The molecule has 0 N–H and O–H groups in total. The zero-order valence-corrected chi connectivity index (χ0v) is 23.3. The molecule has 3 heterocycles. The van der Waals surface area contributed by atoms with Crippen LogP contribution in [0.25, 0.3) is 61.7 Å². The van der Waals surface area contributed by atoms with Gasteiger partial charge in [-0.2, -0.15) is 13.2 Å². The molecule has 0 aliphatic heterocycles. The van der Waals surface area contributed by atoms with Crippen molar-refractivity contribution >= 4 is 22.1 Å². The fourth-order valence-corrected chi connectivity index (χ4v) is 5.65. The number of hydrogen-bond acceptors (Lipinski definition) is 3. The second kappa shape index (κ2) is 10.5. The molecule has 0 fully saturated rings. The van der Waals surface area contributed by atoms with Gasteiger partial charge in [-0.3, -0.25) is 4.57 Å². The Kier molecular flexibility index (Phi) is 6.54. The predicted octanol–water partition coefficient (Wildman–Crippen LogP) is 9.20. The summed E-state index contributed by atoms with van der Waals surface area (Å²) in [7, 11) is 0. The van der Waals surface area contributed by atoms with E-state index in [4.69, 9.17) is 15.0 Å². The maximum absolute atomic E-state index is 13.4. The van der Waals surface area contributed by atoms with E-state index >= 15 is 0 Å². The quantitative estimate of drug-likeness (QED) is 0.199. The molecule has 0 spiro atoms. The third-order valence-electron chi connectivity index (χ3n) is 7.58. The van der Waals surface area contributed by atoms with Gasteiger partial charge in [0.15, 0.2) is 22.8 Å². The van der Waals surface area contributed by atoms with Gasteiger partial charge >= 0.3 is 6.18 Å². The Morgan fingerprint density at radius 1 is 0.698 bits per heavy atom. The third kappa shape index (κ3) is 4.65. The highest BCUT2D eigenvalue weighted by molar-refractivity contribution is 6.06. The van der Waals surface area contributed by atoms with Crippen LogP contribution in [0.3, 0.4) is 0 Å². The summed E-state index contributed by atoms with van der Waals surface area (Å²) in [5.74, 6) is 0.888. The lowest BCUT2D eigenvalue weighted by molar-refractivity contribution is -0.137. The molecule has 0 radical (unpaired) electrons. The van der Waals surface area contributed by atoms with E-state index in [0.29, 0.717) is 34.9 Å². The van der Waals surface area contributed by atoms with Gasteiger partial charge in [0.1, 0.15) is 0 Å². The molecule has 7 aromatic rings. The molecule has 212 valence electrons. The molecule has 4 aromatic carbocycles. The standard InChI is InChI=1S/C35H26F3N5/c1-2-21-42-22-39-30-33(42)40-32(25-17-19-26(20-18-25)35(36,37)38)41-34(30)43-28-16-10-9-15-27(28)29(23-11-5-3-6-12-23)31(43)24-13-7-4-8-14-24/h3-20,22H,2,21H2,1H3. The van der Waals surface area contributed by atoms with E-state index in [0.717, 1.165) is 51.8 Å². The Hall–Kier alpha value is -5.24. The van der Waals surface area contributed by atoms with Crippen LogP contribution in [0.1, 0.15) is 18.9 Å². The van der Waals surface area contributed by atoms with Gasteiger partial charge in [0.25, 0.3) is 0 Å². The molecule has 0 aliphatic rings. The van der Waals surface area contributed by atoms with Gasteiger partial charge in [-0.25, -0.2) is 15.0 Å². The summed E-state index contributed by atoms with van der Waals surface area (Å²) in [6.07, 6.45) is -1.81. The molecular weight excluding hydrogens is 547 g/mol. The Morgan fingerprint density at radius 3 is 2.02 bits per heavy atom. The first-order valence-electron chi connectivity index (χ1n) is 14.1. The minimum Gasteiger partial charge on any atom is -0.315 e. The number of aryl methyl sites for hydroxylation is 1. The van der Waals surface area contributed by atoms with Crippen molar-refractivity contribution < 1.29 is 13.2 Å². The van der Waals surface area contributed by atoms with Crippen molar-refractivity contribution in [3.8, 4) is 39.6 Å². The molecule has 0 bridgehead atoms. The summed E-state index contributed by atoms with van der Waals surface area (Å²) in [6, 6.07) is 33.5. The normalized spacial score (nSPS) is 11.9. The van der Waals surface area contributed by atoms with Gasteiger partial charge in [-0.15, -0.1) is 0 Å². The molecule has 0 saturated carbocycles. The molecule has 0 amide bonds. The summed E-state index contributed by atoms with van der Waals surface area (Å²) in [5.41, 5.74) is 5.99. The van der Waals surface area contributed by atoms with E-state index in [-0.39, 0.29) is 0 Å². The number of aromatic nitrogens is 5. The number of fused-ring (bicyclic) bond motifs is 2. The highest BCUT2D eigenvalue weighted by Gasteiger charge is 2.30. The molecule has 0 atom stereocenters. The van der Waals surface area contributed by atoms with Crippen LogP contribution in [0.5, 0.6) is 0 Å².